The molecule has 1 amide bonds. The number of sulfone groups is 1. The second kappa shape index (κ2) is 7.87. The molecular formula is C14H22N2O4S. The first-order valence-electron chi connectivity index (χ1n) is 6.81. The van der Waals surface area contributed by atoms with Crippen LogP contribution in [0.15, 0.2) is 18.2 Å². The van der Waals surface area contributed by atoms with E-state index in [0.29, 0.717) is 23.5 Å². The van der Waals surface area contributed by atoms with Crippen molar-refractivity contribution in [3.8, 4) is 5.75 Å². The van der Waals surface area contributed by atoms with Crippen LogP contribution < -0.4 is 15.8 Å². The van der Waals surface area contributed by atoms with Crippen LogP contribution in [0.5, 0.6) is 5.75 Å². The maximum atomic E-state index is 11.8. The summed E-state index contributed by atoms with van der Waals surface area (Å²) in [4.78, 5) is 11.8. The smallest absolute Gasteiger partial charge is 0.225 e. The van der Waals surface area contributed by atoms with Crippen molar-refractivity contribution in [2.75, 3.05) is 29.7 Å². The molecule has 0 saturated carbocycles. The van der Waals surface area contributed by atoms with Gasteiger partial charge in [0.05, 0.1) is 24.3 Å². The number of nitrogen functional groups attached to an aromatic ring is 1. The highest BCUT2D eigenvalue weighted by Gasteiger charge is 2.14. The van der Waals surface area contributed by atoms with Crippen molar-refractivity contribution < 1.29 is 17.9 Å². The number of nitrogens with two attached hydrogens (primary N) is 1. The molecule has 0 saturated heterocycles. The zero-order valence-corrected chi connectivity index (χ0v) is 13.2. The molecule has 1 rings (SSSR count). The molecular weight excluding hydrogens is 292 g/mol. The molecule has 0 heterocycles. The van der Waals surface area contributed by atoms with Crippen molar-refractivity contribution in [1.29, 1.82) is 0 Å². The van der Waals surface area contributed by atoms with Gasteiger partial charge in [0, 0.05) is 12.1 Å². The second-order valence-electron chi connectivity index (χ2n) is 4.76. The van der Waals surface area contributed by atoms with Crippen LogP contribution in [0.1, 0.15) is 26.2 Å². The Hall–Kier alpha value is -1.76. The van der Waals surface area contributed by atoms with E-state index in [2.05, 4.69) is 5.32 Å². The van der Waals surface area contributed by atoms with Gasteiger partial charge in [0.15, 0.2) is 9.84 Å². The molecule has 0 spiro atoms. The van der Waals surface area contributed by atoms with E-state index in [1.807, 2.05) is 6.92 Å². The van der Waals surface area contributed by atoms with Gasteiger partial charge in [-0.25, -0.2) is 8.42 Å². The zero-order valence-electron chi connectivity index (χ0n) is 12.4. The van der Waals surface area contributed by atoms with Gasteiger partial charge in [-0.3, -0.25) is 4.79 Å². The molecule has 1 aromatic carbocycles. The number of methoxy groups -OCH3 is 1. The fraction of sp³-hybridized carbons (Fsp3) is 0.500. The first kappa shape index (κ1) is 17.3. The number of anilines is 2. The van der Waals surface area contributed by atoms with Gasteiger partial charge in [-0.2, -0.15) is 0 Å². The van der Waals surface area contributed by atoms with Gasteiger partial charge in [0.25, 0.3) is 0 Å². The van der Waals surface area contributed by atoms with Gasteiger partial charge in [-0.15, -0.1) is 0 Å². The number of rotatable bonds is 8. The Balaban J connectivity index is 2.60. The Bertz CT molecular complexity index is 585. The summed E-state index contributed by atoms with van der Waals surface area (Å²) < 4.78 is 28.5. The summed E-state index contributed by atoms with van der Waals surface area (Å²) in [6, 6.07) is 4.87. The van der Waals surface area contributed by atoms with Crippen molar-refractivity contribution in [1.82, 2.24) is 0 Å². The van der Waals surface area contributed by atoms with Crippen LogP contribution in [0, 0.1) is 0 Å². The van der Waals surface area contributed by atoms with Crippen LogP contribution in [0.3, 0.4) is 0 Å². The van der Waals surface area contributed by atoms with E-state index in [4.69, 9.17) is 10.5 Å². The molecule has 0 aliphatic carbocycles. The van der Waals surface area contributed by atoms with Crippen LogP contribution in [0.4, 0.5) is 11.4 Å². The minimum atomic E-state index is -3.17. The molecule has 6 nitrogen and oxygen atoms in total. The molecule has 7 heteroatoms. The number of carbonyl (C=O) groups is 1. The largest absolute Gasteiger partial charge is 0.495 e. The lowest BCUT2D eigenvalue weighted by Gasteiger charge is -2.11. The summed E-state index contributed by atoms with van der Waals surface area (Å²) >= 11 is 0. The SMILES string of the molecule is CCCCS(=O)(=O)CCC(=O)Nc1cc(N)ccc1OC. The molecule has 0 fully saturated rings. The predicted molar refractivity (Wildman–Crippen MR) is 84.2 cm³/mol. The van der Waals surface area contributed by atoms with E-state index >= 15 is 0 Å². The number of nitrogens with one attached hydrogen (secondary N) is 1. The van der Waals surface area contributed by atoms with Crippen molar-refractivity contribution >= 4 is 27.1 Å². The predicted octanol–water partition coefficient (Wildman–Crippen LogP) is 1.82. The maximum Gasteiger partial charge on any atom is 0.225 e. The monoisotopic (exact) mass is 314 g/mol. The van der Waals surface area contributed by atoms with Gasteiger partial charge >= 0.3 is 0 Å². The first-order chi connectivity index (χ1) is 9.88. The molecule has 21 heavy (non-hydrogen) atoms. The summed E-state index contributed by atoms with van der Waals surface area (Å²) in [5, 5.41) is 2.62. The Morgan fingerprint density at radius 3 is 2.67 bits per heavy atom. The number of benzene rings is 1. The van der Waals surface area contributed by atoms with E-state index in [1.54, 1.807) is 18.2 Å². The van der Waals surface area contributed by atoms with Crippen LogP contribution in [0.25, 0.3) is 0 Å². The minimum absolute atomic E-state index is 0.0794. The topological polar surface area (TPSA) is 98.5 Å². The van der Waals surface area contributed by atoms with Crippen LogP contribution in [-0.4, -0.2) is 32.9 Å². The molecule has 0 aliphatic heterocycles. The fourth-order valence-electron chi connectivity index (χ4n) is 1.75. The molecule has 0 atom stereocenters. The lowest BCUT2D eigenvalue weighted by atomic mass is 10.2. The summed E-state index contributed by atoms with van der Waals surface area (Å²) in [7, 11) is -1.69. The minimum Gasteiger partial charge on any atom is -0.495 e. The lowest BCUT2D eigenvalue weighted by molar-refractivity contribution is -0.115. The molecule has 0 bridgehead atoms. The number of unbranched alkanes of at least 4 members (excludes halogenated alkanes) is 1. The van der Waals surface area contributed by atoms with Gasteiger partial charge < -0.3 is 15.8 Å². The molecule has 118 valence electrons. The summed E-state index contributed by atoms with van der Waals surface area (Å²) in [6.07, 6.45) is 1.35. The molecule has 0 aromatic heterocycles. The van der Waals surface area contributed by atoms with E-state index in [-0.39, 0.29) is 23.8 Å². The molecule has 0 aliphatic rings. The Morgan fingerprint density at radius 1 is 1.33 bits per heavy atom. The van der Waals surface area contributed by atoms with Crippen LogP contribution in [0.2, 0.25) is 0 Å². The highest BCUT2D eigenvalue weighted by atomic mass is 32.2. The number of hydrogen-bond acceptors (Lipinski definition) is 5. The van der Waals surface area contributed by atoms with Gasteiger partial charge in [0.1, 0.15) is 5.75 Å². The van der Waals surface area contributed by atoms with Crippen LogP contribution >= 0.6 is 0 Å². The molecule has 0 radical (unpaired) electrons. The number of hydrogen-bond donors (Lipinski definition) is 2. The van der Waals surface area contributed by atoms with Crippen molar-refractivity contribution in [2.45, 2.75) is 26.2 Å². The quantitative estimate of drug-likeness (QED) is 0.713. The highest BCUT2D eigenvalue weighted by Crippen LogP contribution is 2.26. The normalized spacial score (nSPS) is 11.1. The van der Waals surface area contributed by atoms with E-state index in [9.17, 15) is 13.2 Å². The Kier molecular flexibility index (Phi) is 6.48. The number of amides is 1. The number of ether oxygens (including phenoxy) is 1. The fourth-order valence-corrected chi connectivity index (χ4v) is 3.18. The van der Waals surface area contributed by atoms with Crippen molar-refractivity contribution in [3.05, 3.63) is 18.2 Å². The highest BCUT2D eigenvalue weighted by molar-refractivity contribution is 7.91. The molecule has 1 aromatic rings. The van der Waals surface area contributed by atoms with Gasteiger partial charge in [0.2, 0.25) is 5.91 Å². The van der Waals surface area contributed by atoms with Crippen molar-refractivity contribution in [3.63, 3.8) is 0 Å². The Morgan fingerprint density at radius 2 is 2.05 bits per heavy atom. The lowest BCUT2D eigenvalue weighted by Crippen LogP contribution is -2.19. The van der Waals surface area contributed by atoms with Crippen LogP contribution in [-0.2, 0) is 14.6 Å². The third-order valence-corrected chi connectivity index (χ3v) is 4.68. The van der Waals surface area contributed by atoms with Gasteiger partial charge in [-0.05, 0) is 24.6 Å². The molecule has 0 unspecified atom stereocenters. The standard InChI is InChI=1S/C14H22N2O4S/c1-3-4-8-21(18,19)9-7-14(17)16-12-10-11(15)5-6-13(12)20-2/h5-6,10H,3-4,7-9,15H2,1-2H3,(H,16,17). The Labute approximate surface area is 125 Å². The third-order valence-electron chi connectivity index (χ3n) is 2.95. The van der Waals surface area contributed by atoms with Crippen molar-refractivity contribution in [2.24, 2.45) is 0 Å². The average Bonchev–Trinajstić information content (AvgIpc) is 2.43. The van der Waals surface area contributed by atoms with E-state index < -0.39 is 9.84 Å². The first-order valence-corrected chi connectivity index (χ1v) is 8.64. The third kappa shape index (κ3) is 6.03. The van der Waals surface area contributed by atoms with Gasteiger partial charge in [-0.1, -0.05) is 13.3 Å². The summed E-state index contributed by atoms with van der Waals surface area (Å²) in [6.45, 7) is 1.92. The number of carbonyl (C=O) groups excluding carboxylic acids is 1. The molecule has 3 N–H and O–H groups in total. The summed E-state index contributed by atoms with van der Waals surface area (Å²) in [5.41, 5.74) is 6.58. The van der Waals surface area contributed by atoms with E-state index in [0.717, 1.165) is 6.42 Å². The second-order valence-corrected chi connectivity index (χ2v) is 7.07. The summed E-state index contributed by atoms with van der Waals surface area (Å²) in [5.74, 6) is 0.0762. The zero-order chi connectivity index (χ0) is 15.9. The average molecular weight is 314 g/mol. The van der Waals surface area contributed by atoms with E-state index in [1.165, 1.54) is 7.11 Å². The maximum absolute atomic E-state index is 11.8.